The first kappa shape index (κ1) is 25.4. The Hall–Kier alpha value is -4.28. The molecule has 0 fully saturated rings. The number of hydrogen-bond acceptors (Lipinski definition) is 6. The third-order valence-corrected chi connectivity index (χ3v) is 7.14. The maximum Gasteiger partial charge on any atom is 0.268 e. The topological polar surface area (TPSA) is 116 Å². The SMILES string of the molecule is CCN(C(=O)c1ccccc1)c1ccc2c(c1)nc(NC(=O)c1ccc(-c3cn[nH]c3)s1)n2CC(C)(C)O. The number of fused-ring (bicyclic) bond motifs is 1. The van der Waals surface area contributed by atoms with Crippen molar-refractivity contribution in [3.63, 3.8) is 0 Å². The molecule has 9 nitrogen and oxygen atoms in total. The number of anilines is 2. The van der Waals surface area contributed by atoms with E-state index in [1.165, 1.54) is 11.3 Å². The number of nitrogens with one attached hydrogen (secondary N) is 2. The molecule has 5 aromatic rings. The summed E-state index contributed by atoms with van der Waals surface area (Å²) in [4.78, 5) is 34.2. The summed E-state index contributed by atoms with van der Waals surface area (Å²) in [5, 5.41) is 20.3. The molecule has 0 unspecified atom stereocenters. The predicted octanol–water partition coefficient (Wildman–Crippen LogP) is 5.18. The van der Waals surface area contributed by atoms with Gasteiger partial charge >= 0.3 is 0 Å². The minimum Gasteiger partial charge on any atom is -0.389 e. The van der Waals surface area contributed by atoms with Crippen molar-refractivity contribution >= 4 is 45.8 Å². The zero-order chi connectivity index (χ0) is 26.9. The summed E-state index contributed by atoms with van der Waals surface area (Å²) in [6, 6.07) is 18.3. The molecule has 5 rings (SSSR count). The number of aromatic nitrogens is 4. The molecule has 0 spiro atoms. The van der Waals surface area contributed by atoms with Gasteiger partial charge in [-0.05, 0) is 63.2 Å². The summed E-state index contributed by atoms with van der Waals surface area (Å²) in [6.07, 6.45) is 3.48. The number of aliphatic hydroxyl groups is 1. The first-order valence-corrected chi connectivity index (χ1v) is 13.0. The average Bonchev–Trinajstić information content (AvgIpc) is 3.65. The Kier molecular flexibility index (Phi) is 6.83. The zero-order valence-electron chi connectivity index (χ0n) is 21.3. The summed E-state index contributed by atoms with van der Waals surface area (Å²) >= 11 is 1.35. The molecule has 2 amide bonds. The average molecular weight is 529 g/mol. The van der Waals surface area contributed by atoms with Gasteiger partial charge in [0.2, 0.25) is 5.95 Å². The Labute approximate surface area is 223 Å². The number of imidazole rings is 1. The molecule has 0 saturated heterocycles. The Balaban J connectivity index is 1.48. The van der Waals surface area contributed by atoms with Crippen molar-refractivity contribution in [1.82, 2.24) is 19.7 Å². The fraction of sp³-hybridized carbons (Fsp3) is 0.214. The van der Waals surface area contributed by atoms with Crippen molar-refractivity contribution in [2.45, 2.75) is 32.9 Å². The number of carbonyl (C=O) groups is 2. The third-order valence-electron chi connectivity index (χ3n) is 6.01. The van der Waals surface area contributed by atoms with Crippen LogP contribution in [0.4, 0.5) is 11.6 Å². The van der Waals surface area contributed by atoms with E-state index in [0.717, 1.165) is 16.0 Å². The van der Waals surface area contributed by atoms with Crippen LogP contribution >= 0.6 is 11.3 Å². The van der Waals surface area contributed by atoms with E-state index < -0.39 is 5.60 Å². The zero-order valence-corrected chi connectivity index (χ0v) is 22.1. The highest BCUT2D eigenvalue weighted by Gasteiger charge is 2.23. The second kappa shape index (κ2) is 10.2. The number of benzene rings is 2. The molecule has 10 heteroatoms. The van der Waals surface area contributed by atoms with Crippen LogP contribution in [0.5, 0.6) is 0 Å². The van der Waals surface area contributed by atoms with Gasteiger partial charge in [-0.1, -0.05) is 18.2 Å². The maximum absolute atomic E-state index is 13.2. The number of rotatable bonds is 8. The van der Waals surface area contributed by atoms with Crippen molar-refractivity contribution in [3.05, 3.63) is 83.5 Å². The van der Waals surface area contributed by atoms with E-state index in [-0.39, 0.29) is 18.4 Å². The lowest BCUT2D eigenvalue weighted by atomic mass is 10.1. The molecule has 0 atom stereocenters. The summed E-state index contributed by atoms with van der Waals surface area (Å²) in [5.41, 5.74) is 2.48. The van der Waals surface area contributed by atoms with E-state index in [9.17, 15) is 14.7 Å². The number of H-pyrrole nitrogens is 1. The van der Waals surface area contributed by atoms with Crippen LogP contribution in [0.3, 0.4) is 0 Å². The van der Waals surface area contributed by atoms with E-state index in [4.69, 9.17) is 4.98 Å². The van der Waals surface area contributed by atoms with Crippen LogP contribution in [0.25, 0.3) is 21.5 Å². The lowest BCUT2D eigenvalue weighted by molar-refractivity contribution is 0.0630. The van der Waals surface area contributed by atoms with E-state index in [2.05, 4.69) is 15.5 Å². The van der Waals surface area contributed by atoms with E-state index >= 15 is 0 Å². The first-order chi connectivity index (χ1) is 18.2. The van der Waals surface area contributed by atoms with Crippen molar-refractivity contribution in [1.29, 1.82) is 0 Å². The standard InChI is InChI=1S/C28H28N6O3S/c1-4-33(26(36)18-8-6-5-7-9-18)20-10-11-22-21(14-20)31-27(34(22)17-28(2,3)37)32-25(35)24-13-12-23(38-24)19-15-29-30-16-19/h5-16,37H,4,17H2,1-3H3,(H,29,30)(H,31,32,35). The molecule has 0 saturated carbocycles. The van der Waals surface area contributed by atoms with Gasteiger partial charge in [-0.2, -0.15) is 5.10 Å². The Morgan fingerprint density at radius 3 is 2.61 bits per heavy atom. The van der Waals surface area contributed by atoms with Crippen molar-refractivity contribution in [2.24, 2.45) is 0 Å². The minimum absolute atomic E-state index is 0.108. The van der Waals surface area contributed by atoms with Gasteiger partial charge in [0.1, 0.15) is 0 Å². The Morgan fingerprint density at radius 2 is 1.92 bits per heavy atom. The molecule has 0 aliphatic heterocycles. The van der Waals surface area contributed by atoms with Crippen LogP contribution in [0.1, 0.15) is 40.8 Å². The minimum atomic E-state index is -1.05. The van der Waals surface area contributed by atoms with Crippen LogP contribution < -0.4 is 10.2 Å². The second-order valence-corrected chi connectivity index (χ2v) is 10.6. The van der Waals surface area contributed by atoms with Crippen LogP contribution in [-0.4, -0.2) is 48.8 Å². The molecule has 3 aromatic heterocycles. The lowest BCUT2D eigenvalue weighted by Crippen LogP contribution is -2.30. The fourth-order valence-corrected chi connectivity index (χ4v) is 5.15. The molecular weight excluding hydrogens is 500 g/mol. The number of amides is 2. The van der Waals surface area contributed by atoms with E-state index in [1.807, 2.05) is 49.4 Å². The highest BCUT2D eigenvalue weighted by molar-refractivity contribution is 7.17. The van der Waals surface area contributed by atoms with E-state index in [0.29, 0.717) is 34.1 Å². The van der Waals surface area contributed by atoms with Crippen LogP contribution in [0, 0.1) is 0 Å². The molecule has 38 heavy (non-hydrogen) atoms. The number of carbonyl (C=O) groups excluding carboxylic acids is 2. The van der Waals surface area contributed by atoms with Crippen molar-refractivity contribution < 1.29 is 14.7 Å². The number of hydrogen-bond donors (Lipinski definition) is 3. The molecule has 0 radical (unpaired) electrons. The second-order valence-electron chi connectivity index (χ2n) is 9.53. The lowest BCUT2D eigenvalue weighted by Gasteiger charge is -2.22. The number of nitrogens with zero attached hydrogens (tertiary/aromatic N) is 4. The quantitative estimate of drug-likeness (QED) is 0.257. The molecule has 0 bridgehead atoms. The summed E-state index contributed by atoms with van der Waals surface area (Å²) < 4.78 is 1.79. The third kappa shape index (κ3) is 5.22. The molecule has 3 N–H and O–H groups in total. The predicted molar refractivity (Wildman–Crippen MR) is 150 cm³/mol. The molecule has 194 valence electrons. The van der Waals surface area contributed by atoms with Gasteiger partial charge < -0.3 is 14.6 Å². The van der Waals surface area contributed by atoms with Gasteiger partial charge in [0.15, 0.2) is 0 Å². The van der Waals surface area contributed by atoms with Gasteiger partial charge in [-0.3, -0.25) is 20.0 Å². The van der Waals surface area contributed by atoms with E-state index in [1.54, 1.807) is 53.9 Å². The molecular formula is C28H28N6O3S. The molecule has 2 aromatic carbocycles. The molecule has 3 heterocycles. The van der Waals surface area contributed by atoms with Gasteiger partial charge in [0, 0.05) is 34.4 Å². The monoisotopic (exact) mass is 528 g/mol. The molecule has 0 aliphatic rings. The smallest absolute Gasteiger partial charge is 0.268 e. The van der Waals surface area contributed by atoms with Crippen LogP contribution in [-0.2, 0) is 6.54 Å². The van der Waals surface area contributed by atoms with Crippen molar-refractivity contribution in [2.75, 3.05) is 16.8 Å². The number of thiophene rings is 1. The highest BCUT2D eigenvalue weighted by atomic mass is 32.1. The summed E-state index contributed by atoms with van der Waals surface area (Å²) in [5.74, 6) is -0.0882. The highest BCUT2D eigenvalue weighted by Crippen LogP contribution is 2.30. The largest absolute Gasteiger partial charge is 0.389 e. The van der Waals surface area contributed by atoms with Gasteiger partial charge in [0.05, 0.1) is 34.3 Å². The summed E-state index contributed by atoms with van der Waals surface area (Å²) in [6.45, 7) is 6.01. The van der Waals surface area contributed by atoms with Crippen molar-refractivity contribution in [3.8, 4) is 10.4 Å². The van der Waals surface area contributed by atoms with Gasteiger partial charge in [-0.15, -0.1) is 11.3 Å². The van der Waals surface area contributed by atoms with Crippen LogP contribution in [0.15, 0.2) is 73.1 Å². The fourth-order valence-electron chi connectivity index (χ4n) is 4.27. The summed E-state index contributed by atoms with van der Waals surface area (Å²) in [7, 11) is 0. The Bertz CT molecular complexity index is 1580. The Morgan fingerprint density at radius 1 is 1.13 bits per heavy atom. The van der Waals surface area contributed by atoms with Crippen LogP contribution in [0.2, 0.25) is 0 Å². The van der Waals surface area contributed by atoms with Gasteiger partial charge in [-0.25, -0.2) is 4.98 Å². The first-order valence-electron chi connectivity index (χ1n) is 12.2. The molecule has 0 aliphatic carbocycles. The number of aromatic amines is 1. The normalized spacial score (nSPS) is 11.6. The van der Waals surface area contributed by atoms with Gasteiger partial charge in [0.25, 0.3) is 11.8 Å². The maximum atomic E-state index is 13.2.